The maximum atomic E-state index is 12.8. The molecule has 0 N–H and O–H groups in total. The molecule has 0 saturated carbocycles. The molecule has 8 heteroatoms. The number of benzene rings is 1. The Labute approximate surface area is 184 Å². The van der Waals surface area contributed by atoms with E-state index < -0.39 is 0 Å². The predicted octanol–water partition coefficient (Wildman–Crippen LogP) is 3.85. The van der Waals surface area contributed by atoms with Crippen LogP contribution < -0.4 is 11.2 Å². The topological polar surface area (TPSA) is 74.7 Å². The zero-order valence-corrected chi connectivity index (χ0v) is 19.2. The van der Waals surface area contributed by atoms with Gasteiger partial charge in [0.2, 0.25) is 0 Å². The first-order chi connectivity index (χ1) is 14.8. The fraction of sp³-hybridized carbons (Fsp3) is 0.304. The van der Waals surface area contributed by atoms with Crippen LogP contribution in [0.5, 0.6) is 0 Å². The number of aromatic nitrogens is 5. The second-order valence-electron chi connectivity index (χ2n) is 7.39. The van der Waals surface area contributed by atoms with Crippen molar-refractivity contribution >= 4 is 34.7 Å². The van der Waals surface area contributed by atoms with Crippen LogP contribution in [0.4, 0.5) is 0 Å². The summed E-state index contributed by atoms with van der Waals surface area (Å²) in [4.78, 5) is 35.8. The van der Waals surface area contributed by atoms with Crippen LogP contribution in [-0.4, -0.2) is 23.7 Å². The monoisotopic (exact) mass is 435 g/mol. The molecule has 31 heavy (non-hydrogen) atoms. The van der Waals surface area contributed by atoms with Gasteiger partial charge in [-0.25, -0.2) is 14.8 Å². The predicted molar refractivity (Wildman–Crippen MR) is 127 cm³/mol. The molecule has 0 atom stereocenters. The van der Waals surface area contributed by atoms with E-state index in [1.807, 2.05) is 38.1 Å². The Morgan fingerprint density at radius 1 is 0.968 bits per heavy atom. The van der Waals surface area contributed by atoms with E-state index >= 15 is 0 Å². The van der Waals surface area contributed by atoms with E-state index in [1.165, 1.54) is 9.44 Å². The molecule has 0 unspecified atom stereocenters. The Kier molecular flexibility index (Phi) is 5.49. The van der Waals surface area contributed by atoms with Gasteiger partial charge < -0.3 is 4.57 Å². The average molecular weight is 436 g/mol. The third kappa shape index (κ3) is 3.57. The SMILES string of the molecule is CCn1c(=O)c2c(nc(C=Cc3ccc(-c4nc(C)c(C)s4)cc3)n2C)n(CC)c1=O. The number of aryl methyl sites for hydroxylation is 4. The zero-order chi connectivity index (χ0) is 22.3. The minimum atomic E-state index is -0.320. The Morgan fingerprint density at radius 2 is 1.65 bits per heavy atom. The molecule has 0 aliphatic rings. The number of thiazole rings is 1. The summed E-state index contributed by atoms with van der Waals surface area (Å²) in [6.45, 7) is 8.56. The summed E-state index contributed by atoms with van der Waals surface area (Å²) in [6.07, 6.45) is 3.82. The summed E-state index contributed by atoms with van der Waals surface area (Å²) in [6, 6.07) is 8.18. The lowest BCUT2D eigenvalue weighted by molar-refractivity contribution is 0.604. The van der Waals surface area contributed by atoms with Crippen molar-refractivity contribution in [2.45, 2.75) is 40.8 Å². The average Bonchev–Trinajstić information content (AvgIpc) is 3.26. The van der Waals surface area contributed by atoms with Crippen molar-refractivity contribution in [2.24, 2.45) is 7.05 Å². The van der Waals surface area contributed by atoms with Crippen LogP contribution in [0.15, 0.2) is 33.9 Å². The van der Waals surface area contributed by atoms with E-state index in [0.29, 0.717) is 30.1 Å². The van der Waals surface area contributed by atoms with E-state index in [9.17, 15) is 9.59 Å². The molecular formula is C23H25N5O2S. The van der Waals surface area contributed by atoms with Gasteiger partial charge in [-0.3, -0.25) is 13.9 Å². The van der Waals surface area contributed by atoms with Gasteiger partial charge in [-0.15, -0.1) is 11.3 Å². The van der Waals surface area contributed by atoms with Gasteiger partial charge >= 0.3 is 5.69 Å². The maximum Gasteiger partial charge on any atom is 0.332 e. The second-order valence-corrected chi connectivity index (χ2v) is 8.60. The van der Waals surface area contributed by atoms with Gasteiger partial charge in [0.25, 0.3) is 5.56 Å². The van der Waals surface area contributed by atoms with Crippen LogP contribution >= 0.6 is 11.3 Å². The molecule has 0 amide bonds. The van der Waals surface area contributed by atoms with Crippen LogP contribution in [-0.2, 0) is 20.1 Å². The Hall–Kier alpha value is -3.26. The largest absolute Gasteiger partial charge is 0.332 e. The molecule has 7 nitrogen and oxygen atoms in total. The van der Waals surface area contributed by atoms with Crippen molar-refractivity contribution in [1.29, 1.82) is 0 Å². The highest BCUT2D eigenvalue weighted by atomic mass is 32.1. The van der Waals surface area contributed by atoms with Gasteiger partial charge in [0, 0.05) is 30.6 Å². The molecule has 1 aromatic carbocycles. The van der Waals surface area contributed by atoms with E-state index in [4.69, 9.17) is 0 Å². The lowest BCUT2D eigenvalue weighted by Gasteiger charge is -2.08. The van der Waals surface area contributed by atoms with Crippen molar-refractivity contribution in [3.8, 4) is 10.6 Å². The molecule has 3 heterocycles. The summed E-state index contributed by atoms with van der Waals surface area (Å²) in [5.74, 6) is 0.623. The van der Waals surface area contributed by atoms with E-state index in [-0.39, 0.29) is 11.2 Å². The first-order valence-electron chi connectivity index (χ1n) is 10.3. The Morgan fingerprint density at radius 3 is 2.23 bits per heavy atom. The third-order valence-electron chi connectivity index (χ3n) is 5.52. The molecule has 0 spiro atoms. The molecule has 0 bridgehead atoms. The lowest BCUT2D eigenvalue weighted by Crippen LogP contribution is -2.39. The van der Waals surface area contributed by atoms with E-state index in [2.05, 4.69) is 29.0 Å². The fourth-order valence-corrected chi connectivity index (χ4v) is 4.52. The first kappa shape index (κ1) is 21.0. The zero-order valence-electron chi connectivity index (χ0n) is 18.3. The highest BCUT2D eigenvalue weighted by Gasteiger charge is 2.17. The van der Waals surface area contributed by atoms with Gasteiger partial charge in [-0.05, 0) is 39.3 Å². The number of imidazole rings is 1. The van der Waals surface area contributed by atoms with Crippen LogP contribution in [0.3, 0.4) is 0 Å². The molecule has 4 rings (SSSR count). The van der Waals surface area contributed by atoms with Crippen LogP contribution in [0.2, 0.25) is 0 Å². The highest BCUT2D eigenvalue weighted by Crippen LogP contribution is 2.27. The number of nitrogens with zero attached hydrogens (tertiary/aromatic N) is 5. The van der Waals surface area contributed by atoms with Crippen molar-refractivity contribution in [1.82, 2.24) is 23.7 Å². The molecule has 4 aromatic rings. The van der Waals surface area contributed by atoms with E-state index in [1.54, 1.807) is 34.4 Å². The van der Waals surface area contributed by atoms with Crippen LogP contribution in [0, 0.1) is 13.8 Å². The van der Waals surface area contributed by atoms with Gasteiger partial charge in [-0.1, -0.05) is 30.3 Å². The molecule has 0 aliphatic carbocycles. The molecule has 3 aromatic heterocycles. The Bertz CT molecular complexity index is 1400. The third-order valence-corrected chi connectivity index (χ3v) is 6.64. The van der Waals surface area contributed by atoms with Crippen molar-refractivity contribution < 1.29 is 0 Å². The van der Waals surface area contributed by atoms with Gasteiger partial charge in [0.05, 0.1) is 5.69 Å². The normalized spacial score (nSPS) is 11.8. The summed E-state index contributed by atoms with van der Waals surface area (Å²) in [5.41, 5.74) is 3.41. The molecular weight excluding hydrogens is 410 g/mol. The summed E-state index contributed by atoms with van der Waals surface area (Å²) in [5, 5.41) is 1.02. The van der Waals surface area contributed by atoms with Gasteiger partial charge in [0.1, 0.15) is 10.8 Å². The highest BCUT2D eigenvalue weighted by molar-refractivity contribution is 7.15. The molecule has 0 saturated heterocycles. The number of hydrogen-bond acceptors (Lipinski definition) is 5. The van der Waals surface area contributed by atoms with Crippen molar-refractivity contribution in [3.05, 3.63) is 67.1 Å². The smallest absolute Gasteiger partial charge is 0.322 e. The molecule has 160 valence electrons. The Balaban J connectivity index is 1.71. The van der Waals surface area contributed by atoms with Crippen molar-refractivity contribution in [3.63, 3.8) is 0 Å². The molecule has 0 fully saturated rings. The summed E-state index contributed by atoms with van der Waals surface area (Å²) < 4.78 is 4.55. The van der Waals surface area contributed by atoms with Crippen molar-refractivity contribution in [2.75, 3.05) is 0 Å². The second kappa shape index (κ2) is 8.11. The first-order valence-corrected chi connectivity index (χ1v) is 11.1. The van der Waals surface area contributed by atoms with Gasteiger partial charge in [-0.2, -0.15) is 0 Å². The number of rotatable bonds is 5. The van der Waals surface area contributed by atoms with Crippen LogP contribution in [0.25, 0.3) is 33.9 Å². The fourth-order valence-electron chi connectivity index (χ4n) is 3.60. The van der Waals surface area contributed by atoms with Crippen LogP contribution in [0.1, 0.15) is 35.8 Å². The number of fused-ring (bicyclic) bond motifs is 1. The van der Waals surface area contributed by atoms with Gasteiger partial charge in [0.15, 0.2) is 11.2 Å². The maximum absolute atomic E-state index is 12.8. The summed E-state index contributed by atoms with van der Waals surface area (Å²) >= 11 is 1.69. The minimum Gasteiger partial charge on any atom is -0.322 e. The number of hydrogen-bond donors (Lipinski definition) is 0. The lowest BCUT2D eigenvalue weighted by atomic mass is 10.1. The standard InChI is InChI=1S/C23H25N5O2S/c1-6-27-20-19(22(29)28(7-2)23(27)30)26(5)18(25-20)13-10-16-8-11-17(12-9-16)21-24-14(3)15(4)31-21/h8-13H,6-7H2,1-5H3. The summed E-state index contributed by atoms with van der Waals surface area (Å²) in [7, 11) is 1.80. The minimum absolute atomic E-state index is 0.305. The van der Waals surface area contributed by atoms with E-state index in [0.717, 1.165) is 21.8 Å². The quantitative estimate of drug-likeness (QED) is 0.477. The molecule has 0 aliphatic heterocycles. The molecule has 0 radical (unpaired) electrons.